The highest BCUT2D eigenvalue weighted by molar-refractivity contribution is 5.96. The lowest BCUT2D eigenvalue weighted by Crippen LogP contribution is -2.44. The SMILES string of the molecule is CC(C)(O)c1cncc(-c2cccc(C(=O)N3CCCC(C(N)=O)C3)c2)c1. The van der Waals surface area contributed by atoms with Crippen LogP contribution in [-0.4, -0.2) is 39.9 Å². The molecule has 0 bridgehead atoms. The minimum absolute atomic E-state index is 0.102. The first kappa shape index (κ1) is 19.0. The molecular weight excluding hydrogens is 342 g/mol. The zero-order chi connectivity index (χ0) is 19.6. The Morgan fingerprint density at radius 3 is 2.70 bits per heavy atom. The van der Waals surface area contributed by atoms with Crippen LogP contribution in [0.15, 0.2) is 42.7 Å². The summed E-state index contributed by atoms with van der Waals surface area (Å²) in [6.07, 6.45) is 4.85. The number of aliphatic hydroxyl groups is 1. The van der Waals surface area contributed by atoms with Gasteiger partial charge in [0, 0.05) is 42.2 Å². The molecule has 2 aromatic rings. The van der Waals surface area contributed by atoms with Crippen LogP contribution in [0.2, 0.25) is 0 Å². The Morgan fingerprint density at radius 1 is 1.22 bits per heavy atom. The number of aromatic nitrogens is 1. The average Bonchev–Trinajstić information content (AvgIpc) is 2.67. The Kier molecular flexibility index (Phi) is 5.28. The third kappa shape index (κ3) is 4.34. The van der Waals surface area contributed by atoms with Crippen LogP contribution in [0.1, 0.15) is 42.6 Å². The Bertz CT molecular complexity index is 858. The summed E-state index contributed by atoms with van der Waals surface area (Å²) in [5, 5.41) is 10.2. The first-order valence-corrected chi connectivity index (χ1v) is 9.12. The van der Waals surface area contributed by atoms with Gasteiger partial charge in [0.2, 0.25) is 5.91 Å². The van der Waals surface area contributed by atoms with Crippen LogP contribution >= 0.6 is 0 Å². The predicted molar refractivity (Wildman–Crippen MR) is 103 cm³/mol. The number of hydrogen-bond donors (Lipinski definition) is 2. The average molecular weight is 367 g/mol. The summed E-state index contributed by atoms with van der Waals surface area (Å²) in [7, 11) is 0. The summed E-state index contributed by atoms with van der Waals surface area (Å²) in [5.74, 6) is -0.733. The molecule has 1 aliphatic rings. The van der Waals surface area contributed by atoms with Crippen molar-refractivity contribution < 1.29 is 14.7 Å². The number of nitrogens with zero attached hydrogens (tertiary/aromatic N) is 2. The van der Waals surface area contributed by atoms with E-state index in [1.807, 2.05) is 24.3 Å². The third-order valence-corrected chi connectivity index (χ3v) is 5.00. The van der Waals surface area contributed by atoms with Crippen molar-refractivity contribution in [2.75, 3.05) is 13.1 Å². The van der Waals surface area contributed by atoms with E-state index in [0.29, 0.717) is 24.2 Å². The second kappa shape index (κ2) is 7.48. The fraction of sp³-hybridized carbons (Fsp3) is 0.381. The lowest BCUT2D eigenvalue weighted by atomic mass is 9.95. The summed E-state index contributed by atoms with van der Waals surface area (Å²) < 4.78 is 0. The minimum atomic E-state index is -0.992. The number of pyridine rings is 1. The molecule has 1 aromatic heterocycles. The fourth-order valence-corrected chi connectivity index (χ4v) is 3.34. The molecule has 3 rings (SSSR count). The van der Waals surface area contributed by atoms with E-state index in [1.165, 1.54) is 0 Å². The van der Waals surface area contributed by atoms with Crippen LogP contribution < -0.4 is 5.73 Å². The van der Waals surface area contributed by atoms with Gasteiger partial charge in [0.05, 0.1) is 11.5 Å². The molecule has 1 aliphatic heterocycles. The van der Waals surface area contributed by atoms with Gasteiger partial charge < -0.3 is 15.7 Å². The van der Waals surface area contributed by atoms with Crippen LogP contribution in [0.5, 0.6) is 0 Å². The highest BCUT2D eigenvalue weighted by atomic mass is 16.3. The highest BCUT2D eigenvalue weighted by Gasteiger charge is 2.27. The van der Waals surface area contributed by atoms with Crippen molar-refractivity contribution >= 4 is 11.8 Å². The van der Waals surface area contributed by atoms with Crippen molar-refractivity contribution in [3.8, 4) is 11.1 Å². The van der Waals surface area contributed by atoms with E-state index >= 15 is 0 Å². The molecule has 6 nitrogen and oxygen atoms in total. The van der Waals surface area contributed by atoms with Crippen LogP contribution in [0.3, 0.4) is 0 Å². The van der Waals surface area contributed by atoms with Gasteiger partial charge in [-0.05, 0) is 50.5 Å². The molecule has 142 valence electrons. The molecule has 1 aromatic carbocycles. The second-order valence-electron chi connectivity index (χ2n) is 7.59. The van der Waals surface area contributed by atoms with Gasteiger partial charge in [-0.3, -0.25) is 14.6 Å². The third-order valence-electron chi connectivity index (χ3n) is 5.00. The number of carbonyl (C=O) groups is 2. The van der Waals surface area contributed by atoms with E-state index in [9.17, 15) is 14.7 Å². The fourth-order valence-electron chi connectivity index (χ4n) is 3.34. The Labute approximate surface area is 159 Å². The predicted octanol–water partition coefficient (Wildman–Crippen LogP) is 2.31. The lowest BCUT2D eigenvalue weighted by Gasteiger charge is -2.31. The molecule has 1 unspecified atom stereocenters. The van der Waals surface area contributed by atoms with E-state index in [0.717, 1.165) is 24.0 Å². The molecule has 0 radical (unpaired) electrons. The maximum Gasteiger partial charge on any atom is 0.253 e. The van der Waals surface area contributed by atoms with Gasteiger partial charge in [-0.15, -0.1) is 0 Å². The molecule has 1 fully saturated rings. The molecule has 27 heavy (non-hydrogen) atoms. The van der Waals surface area contributed by atoms with Gasteiger partial charge in [-0.1, -0.05) is 12.1 Å². The maximum absolute atomic E-state index is 12.9. The Hall–Kier alpha value is -2.73. The van der Waals surface area contributed by atoms with Crippen LogP contribution in [0, 0.1) is 5.92 Å². The topological polar surface area (TPSA) is 96.5 Å². The summed E-state index contributed by atoms with van der Waals surface area (Å²) in [6, 6.07) is 9.20. The molecule has 3 N–H and O–H groups in total. The van der Waals surface area contributed by atoms with Gasteiger partial charge in [0.25, 0.3) is 5.91 Å². The smallest absolute Gasteiger partial charge is 0.253 e. The van der Waals surface area contributed by atoms with E-state index in [4.69, 9.17) is 5.73 Å². The quantitative estimate of drug-likeness (QED) is 0.867. The van der Waals surface area contributed by atoms with Crippen molar-refractivity contribution in [2.24, 2.45) is 11.7 Å². The Balaban J connectivity index is 1.86. The number of nitrogens with two attached hydrogens (primary N) is 1. The zero-order valence-electron chi connectivity index (χ0n) is 15.7. The summed E-state index contributed by atoms with van der Waals surface area (Å²) in [6.45, 7) is 4.41. The lowest BCUT2D eigenvalue weighted by molar-refractivity contribution is -0.123. The minimum Gasteiger partial charge on any atom is -0.386 e. The first-order valence-electron chi connectivity index (χ1n) is 9.12. The number of rotatable bonds is 4. The normalized spacial score (nSPS) is 17.6. The number of piperidine rings is 1. The Morgan fingerprint density at radius 2 is 2.00 bits per heavy atom. The van der Waals surface area contributed by atoms with Crippen molar-refractivity contribution in [1.82, 2.24) is 9.88 Å². The van der Waals surface area contributed by atoms with E-state index in [-0.39, 0.29) is 17.7 Å². The highest BCUT2D eigenvalue weighted by Crippen LogP contribution is 2.26. The largest absolute Gasteiger partial charge is 0.386 e. The zero-order valence-corrected chi connectivity index (χ0v) is 15.7. The molecular formula is C21H25N3O3. The summed E-state index contributed by atoms with van der Waals surface area (Å²) >= 11 is 0. The second-order valence-corrected chi connectivity index (χ2v) is 7.59. The number of likely N-dealkylation sites (tertiary alicyclic amines) is 1. The molecule has 2 heterocycles. The molecule has 0 aliphatic carbocycles. The van der Waals surface area contributed by atoms with Gasteiger partial charge in [0.15, 0.2) is 0 Å². The number of benzene rings is 1. The monoisotopic (exact) mass is 367 g/mol. The molecule has 2 amide bonds. The van der Waals surface area contributed by atoms with E-state index in [2.05, 4.69) is 4.98 Å². The van der Waals surface area contributed by atoms with Crippen molar-refractivity contribution in [1.29, 1.82) is 0 Å². The van der Waals surface area contributed by atoms with Crippen LogP contribution in [-0.2, 0) is 10.4 Å². The molecule has 0 saturated carbocycles. The number of carbonyl (C=O) groups excluding carboxylic acids is 2. The van der Waals surface area contributed by atoms with Crippen molar-refractivity contribution in [2.45, 2.75) is 32.3 Å². The number of primary amides is 1. The van der Waals surface area contributed by atoms with E-state index < -0.39 is 5.60 Å². The molecule has 1 atom stereocenters. The van der Waals surface area contributed by atoms with Gasteiger partial charge >= 0.3 is 0 Å². The standard InChI is InChI=1S/C21H25N3O3/c1-21(2,27)18-10-17(11-23-12-18)14-5-3-6-15(9-14)20(26)24-8-4-7-16(13-24)19(22)25/h3,5-6,9-12,16,27H,4,7-8,13H2,1-2H3,(H2,22,25). The maximum atomic E-state index is 12.9. The molecule has 0 spiro atoms. The van der Waals surface area contributed by atoms with Crippen molar-refractivity contribution in [3.05, 3.63) is 53.9 Å². The number of hydrogen-bond acceptors (Lipinski definition) is 4. The molecule has 1 saturated heterocycles. The van der Waals surface area contributed by atoms with Gasteiger partial charge in [0.1, 0.15) is 0 Å². The van der Waals surface area contributed by atoms with Crippen LogP contribution in [0.4, 0.5) is 0 Å². The van der Waals surface area contributed by atoms with Crippen LogP contribution in [0.25, 0.3) is 11.1 Å². The number of amides is 2. The molecule has 6 heteroatoms. The summed E-state index contributed by atoms with van der Waals surface area (Å²) in [4.78, 5) is 30.3. The van der Waals surface area contributed by atoms with Gasteiger partial charge in [-0.2, -0.15) is 0 Å². The van der Waals surface area contributed by atoms with Crippen molar-refractivity contribution in [3.63, 3.8) is 0 Å². The summed E-state index contributed by atoms with van der Waals surface area (Å²) in [5.41, 5.74) is 7.37. The van der Waals surface area contributed by atoms with E-state index in [1.54, 1.807) is 37.2 Å². The first-order chi connectivity index (χ1) is 12.8. The van der Waals surface area contributed by atoms with Gasteiger partial charge in [-0.25, -0.2) is 0 Å².